The second-order valence-corrected chi connectivity index (χ2v) is 7.32. The zero-order valence-electron chi connectivity index (χ0n) is 15.1. The van der Waals surface area contributed by atoms with Crippen molar-refractivity contribution in [1.29, 1.82) is 0 Å². The first kappa shape index (κ1) is 17.3. The van der Waals surface area contributed by atoms with Crippen LogP contribution in [0.2, 0.25) is 0 Å². The van der Waals surface area contributed by atoms with Gasteiger partial charge in [0.15, 0.2) is 0 Å². The minimum Gasteiger partial charge on any atom is -0.387 e. The van der Waals surface area contributed by atoms with Crippen molar-refractivity contribution >= 4 is 10.9 Å². The average Bonchev–Trinajstić information content (AvgIpc) is 2.98. The molecule has 1 unspecified atom stereocenters. The van der Waals surface area contributed by atoms with Crippen molar-refractivity contribution in [2.75, 3.05) is 19.6 Å². The zero-order chi connectivity index (χ0) is 18.1. The van der Waals surface area contributed by atoms with Crippen molar-refractivity contribution in [3.05, 3.63) is 71.2 Å². The molecule has 26 heavy (non-hydrogen) atoms. The van der Waals surface area contributed by atoms with Crippen molar-refractivity contribution in [3.63, 3.8) is 0 Å². The van der Waals surface area contributed by atoms with Crippen LogP contribution < -0.4 is 0 Å². The first-order valence-electron chi connectivity index (χ1n) is 9.35. The molecule has 2 N–H and O–H groups in total. The van der Waals surface area contributed by atoms with Gasteiger partial charge in [-0.05, 0) is 56.5 Å². The summed E-state index contributed by atoms with van der Waals surface area (Å²) in [5.74, 6) is 0.206. The number of aromatic nitrogens is 1. The number of likely N-dealkylation sites (tertiary alicyclic amines) is 1. The lowest BCUT2D eigenvalue weighted by Crippen LogP contribution is -2.36. The molecule has 3 aromatic rings. The molecule has 0 bridgehead atoms. The molecule has 4 rings (SSSR count). The summed E-state index contributed by atoms with van der Waals surface area (Å²) in [7, 11) is 0. The lowest BCUT2D eigenvalue weighted by Gasteiger charge is -2.33. The Morgan fingerprint density at radius 2 is 1.81 bits per heavy atom. The lowest BCUT2D eigenvalue weighted by atomic mass is 9.87. The van der Waals surface area contributed by atoms with E-state index < -0.39 is 6.10 Å². The molecule has 0 saturated carbocycles. The molecule has 4 heteroatoms. The van der Waals surface area contributed by atoms with E-state index in [4.69, 9.17) is 0 Å². The quantitative estimate of drug-likeness (QED) is 0.724. The maximum Gasteiger partial charge on any atom is 0.129 e. The number of H-pyrrole nitrogens is 1. The van der Waals surface area contributed by atoms with Gasteiger partial charge in [0.1, 0.15) is 5.82 Å². The summed E-state index contributed by atoms with van der Waals surface area (Å²) < 4.78 is 13.9. The van der Waals surface area contributed by atoms with Gasteiger partial charge in [0.25, 0.3) is 0 Å². The largest absolute Gasteiger partial charge is 0.387 e. The Kier molecular flexibility index (Phi) is 4.79. The summed E-state index contributed by atoms with van der Waals surface area (Å²) in [4.78, 5) is 5.75. The number of aromatic amines is 1. The van der Waals surface area contributed by atoms with Crippen LogP contribution in [0.5, 0.6) is 0 Å². The summed E-state index contributed by atoms with van der Waals surface area (Å²) in [6.45, 7) is 4.49. The van der Waals surface area contributed by atoms with E-state index in [0.717, 1.165) is 25.9 Å². The number of piperidine rings is 1. The van der Waals surface area contributed by atoms with Gasteiger partial charge in [-0.2, -0.15) is 0 Å². The first-order chi connectivity index (χ1) is 12.6. The number of aryl methyl sites for hydroxylation is 1. The molecule has 1 aliphatic heterocycles. The number of rotatable bonds is 4. The summed E-state index contributed by atoms with van der Waals surface area (Å²) in [6.07, 6.45) is 1.35. The van der Waals surface area contributed by atoms with Gasteiger partial charge in [-0.3, -0.25) is 0 Å². The van der Waals surface area contributed by atoms with Crippen LogP contribution >= 0.6 is 0 Å². The number of aliphatic hydroxyl groups is 1. The highest BCUT2D eigenvalue weighted by Gasteiger charge is 2.26. The normalized spacial score (nSPS) is 17.7. The Balaban J connectivity index is 1.43. The van der Waals surface area contributed by atoms with Gasteiger partial charge in [0.05, 0.1) is 6.10 Å². The third kappa shape index (κ3) is 3.27. The summed E-state index contributed by atoms with van der Waals surface area (Å²) in [5, 5.41) is 11.7. The molecule has 2 aromatic carbocycles. The van der Waals surface area contributed by atoms with E-state index in [1.807, 2.05) is 0 Å². The van der Waals surface area contributed by atoms with Gasteiger partial charge >= 0.3 is 0 Å². The van der Waals surface area contributed by atoms with Crippen molar-refractivity contribution in [1.82, 2.24) is 9.88 Å². The number of β-amino-alcohol motifs (C(OH)–C–C–N with tert-alkyl or cyclic N) is 1. The molecule has 1 fully saturated rings. The number of nitrogens with zero attached hydrogens (tertiary/aromatic N) is 1. The minimum atomic E-state index is -0.775. The molecule has 1 atom stereocenters. The Morgan fingerprint density at radius 3 is 2.58 bits per heavy atom. The van der Waals surface area contributed by atoms with Crippen molar-refractivity contribution < 1.29 is 9.50 Å². The van der Waals surface area contributed by atoms with Crippen LogP contribution in [0.25, 0.3) is 10.9 Å². The van der Waals surface area contributed by atoms with Crippen molar-refractivity contribution in [2.24, 2.45) is 0 Å². The van der Waals surface area contributed by atoms with E-state index in [0.29, 0.717) is 18.0 Å². The van der Waals surface area contributed by atoms with E-state index in [1.165, 1.54) is 28.2 Å². The molecule has 2 heterocycles. The third-order valence-corrected chi connectivity index (χ3v) is 5.63. The molecular formula is C22H25FN2O. The maximum absolute atomic E-state index is 13.9. The van der Waals surface area contributed by atoms with Crippen LogP contribution in [0.1, 0.15) is 41.7 Å². The van der Waals surface area contributed by atoms with Crippen molar-refractivity contribution in [3.8, 4) is 0 Å². The van der Waals surface area contributed by atoms with E-state index in [1.54, 1.807) is 18.2 Å². The summed E-state index contributed by atoms with van der Waals surface area (Å²) in [6, 6.07) is 15.0. The number of fused-ring (bicyclic) bond motifs is 1. The number of halogens is 1. The number of para-hydroxylation sites is 1. The predicted octanol–water partition coefficient (Wildman–Crippen LogP) is 4.53. The fourth-order valence-corrected chi connectivity index (χ4v) is 4.32. The summed E-state index contributed by atoms with van der Waals surface area (Å²) >= 11 is 0. The van der Waals surface area contributed by atoms with Crippen LogP contribution in [0.3, 0.4) is 0 Å². The Morgan fingerprint density at radius 1 is 1.12 bits per heavy atom. The predicted molar refractivity (Wildman–Crippen MR) is 103 cm³/mol. The van der Waals surface area contributed by atoms with Crippen LogP contribution in [0, 0.1) is 12.7 Å². The topological polar surface area (TPSA) is 39.3 Å². The van der Waals surface area contributed by atoms with Gasteiger partial charge in [-0.25, -0.2) is 4.39 Å². The van der Waals surface area contributed by atoms with Crippen LogP contribution in [0.4, 0.5) is 4.39 Å². The van der Waals surface area contributed by atoms with Gasteiger partial charge in [-0.1, -0.05) is 36.4 Å². The second-order valence-electron chi connectivity index (χ2n) is 7.32. The van der Waals surface area contributed by atoms with E-state index in [9.17, 15) is 9.50 Å². The third-order valence-electron chi connectivity index (χ3n) is 5.63. The van der Waals surface area contributed by atoms with Crippen LogP contribution in [-0.4, -0.2) is 34.6 Å². The van der Waals surface area contributed by atoms with E-state index >= 15 is 0 Å². The highest BCUT2D eigenvalue weighted by Crippen LogP contribution is 2.36. The molecule has 1 aromatic heterocycles. The molecule has 1 saturated heterocycles. The minimum absolute atomic E-state index is 0.329. The highest BCUT2D eigenvalue weighted by atomic mass is 19.1. The number of aliphatic hydroxyl groups excluding tert-OH is 1. The fourth-order valence-electron chi connectivity index (χ4n) is 4.32. The molecule has 0 aliphatic carbocycles. The van der Waals surface area contributed by atoms with Gasteiger partial charge in [0, 0.05) is 28.7 Å². The standard InChI is InChI=1S/C22H25FN2O/c1-15-22(18-7-3-5-9-20(18)24-15)16-10-12-25(13-11-16)14-21(26)17-6-2-4-8-19(17)23/h2-9,16,21,24,26H,10-14H2,1H3. The highest BCUT2D eigenvalue weighted by molar-refractivity contribution is 5.85. The number of hydrogen-bond donors (Lipinski definition) is 2. The fraction of sp³-hybridized carbons (Fsp3) is 0.364. The van der Waals surface area contributed by atoms with E-state index in [2.05, 4.69) is 41.1 Å². The molecule has 0 amide bonds. The molecule has 136 valence electrons. The lowest BCUT2D eigenvalue weighted by molar-refractivity contribution is 0.0948. The SMILES string of the molecule is Cc1[nH]c2ccccc2c1C1CCN(CC(O)c2ccccc2F)CC1. The monoisotopic (exact) mass is 352 g/mol. The molecular weight excluding hydrogens is 327 g/mol. The molecule has 3 nitrogen and oxygen atoms in total. The smallest absolute Gasteiger partial charge is 0.129 e. The zero-order valence-corrected chi connectivity index (χ0v) is 15.1. The number of benzene rings is 2. The number of hydrogen-bond acceptors (Lipinski definition) is 2. The first-order valence-corrected chi connectivity index (χ1v) is 9.35. The van der Waals surface area contributed by atoms with Gasteiger partial charge in [-0.15, -0.1) is 0 Å². The van der Waals surface area contributed by atoms with E-state index in [-0.39, 0.29) is 5.82 Å². The van der Waals surface area contributed by atoms with Gasteiger partial charge < -0.3 is 15.0 Å². The Bertz CT molecular complexity index is 896. The maximum atomic E-state index is 13.9. The average molecular weight is 352 g/mol. The molecule has 1 aliphatic rings. The number of nitrogens with one attached hydrogen (secondary N) is 1. The summed E-state index contributed by atoms with van der Waals surface area (Å²) in [5.41, 5.74) is 4.30. The molecule has 0 radical (unpaired) electrons. The Hall–Kier alpha value is -2.17. The van der Waals surface area contributed by atoms with Crippen LogP contribution in [0.15, 0.2) is 48.5 Å². The van der Waals surface area contributed by atoms with Crippen LogP contribution in [-0.2, 0) is 0 Å². The Labute approximate surface area is 153 Å². The molecule has 0 spiro atoms. The second kappa shape index (κ2) is 7.22. The van der Waals surface area contributed by atoms with Gasteiger partial charge in [0.2, 0.25) is 0 Å². The van der Waals surface area contributed by atoms with Crippen molar-refractivity contribution in [2.45, 2.75) is 31.8 Å².